The molecule has 1 N–H and O–H groups in total. The number of rotatable bonds is 13. The van der Waals surface area contributed by atoms with E-state index in [-0.39, 0.29) is 24.5 Å². The molecule has 2 aliphatic rings. The first-order valence-corrected chi connectivity index (χ1v) is 21.4. The number of nitrogens with zero attached hydrogens (tertiary/aromatic N) is 2. The van der Waals surface area contributed by atoms with Crippen LogP contribution in [0.2, 0.25) is 10.0 Å². The number of esters is 1. The molecular weight excluding hydrogens is 821 g/mol. The molecule has 0 bridgehead atoms. The van der Waals surface area contributed by atoms with Gasteiger partial charge >= 0.3 is 5.97 Å². The number of fused-ring (bicyclic) bond motifs is 2. The number of nitriles is 1. The standard InChI is InChI=1S/C51H45Cl2N3O6/c1-3-45(37-7-5-4-6-8-37)56-29-40-27-48-47(61-31-49(62-48)38-18-20-41(21-19-38)60-30-34-13-22-42(52)43(53)23-34)26-39(40)25-46(56)50(57)55-44(51(58)59-2)24-32-9-14-35(15-10-32)36-16-11-33(28-54)12-17-36/h4-23,26-27,44-46,49H,3,24-25,29-31H2,1-2H3,(H,55,57)/t44?,45-,46-,49-/m0/s1. The van der Waals surface area contributed by atoms with Gasteiger partial charge in [0.15, 0.2) is 17.6 Å². The average molecular weight is 867 g/mol. The number of ether oxygens (including phenoxy) is 4. The largest absolute Gasteiger partial charge is 0.489 e. The van der Waals surface area contributed by atoms with Gasteiger partial charge < -0.3 is 24.3 Å². The van der Waals surface area contributed by atoms with Gasteiger partial charge in [-0.3, -0.25) is 9.69 Å². The van der Waals surface area contributed by atoms with E-state index < -0.39 is 18.1 Å². The number of amides is 1. The predicted molar refractivity (Wildman–Crippen MR) is 239 cm³/mol. The molecular formula is C51H45Cl2N3O6. The van der Waals surface area contributed by atoms with Crippen molar-refractivity contribution >= 4 is 35.1 Å². The summed E-state index contributed by atoms with van der Waals surface area (Å²) in [5.74, 6) is 1.20. The molecule has 2 aliphatic heterocycles. The summed E-state index contributed by atoms with van der Waals surface area (Å²) in [6.45, 7) is 3.27. The fourth-order valence-corrected chi connectivity index (χ4v) is 8.55. The van der Waals surface area contributed by atoms with E-state index in [0.717, 1.165) is 50.9 Å². The normalized spacial score (nSPS) is 16.6. The molecule has 1 unspecified atom stereocenters. The number of halogens is 2. The minimum atomic E-state index is -0.909. The summed E-state index contributed by atoms with van der Waals surface area (Å²) in [6.07, 6.45) is 1.08. The average Bonchev–Trinajstić information content (AvgIpc) is 3.31. The fourth-order valence-electron chi connectivity index (χ4n) is 8.23. The van der Waals surface area contributed by atoms with Crippen LogP contribution in [-0.4, -0.2) is 42.6 Å². The Kier molecular flexibility index (Phi) is 13.1. The molecule has 4 atom stereocenters. The lowest BCUT2D eigenvalue weighted by Crippen LogP contribution is -2.55. The van der Waals surface area contributed by atoms with Gasteiger partial charge in [0.1, 0.15) is 25.0 Å². The van der Waals surface area contributed by atoms with Gasteiger partial charge in [-0.15, -0.1) is 0 Å². The maximum atomic E-state index is 14.6. The van der Waals surface area contributed by atoms with Crippen LogP contribution < -0.4 is 19.5 Å². The van der Waals surface area contributed by atoms with E-state index in [2.05, 4.69) is 35.3 Å². The lowest BCUT2D eigenvalue weighted by Gasteiger charge is -2.42. The topological polar surface area (TPSA) is 110 Å². The van der Waals surface area contributed by atoms with E-state index in [1.165, 1.54) is 7.11 Å². The van der Waals surface area contributed by atoms with Crippen LogP contribution in [0.1, 0.15) is 64.4 Å². The Morgan fingerprint density at radius 3 is 2.21 bits per heavy atom. The van der Waals surface area contributed by atoms with Crippen LogP contribution in [0.5, 0.6) is 17.2 Å². The van der Waals surface area contributed by atoms with Crippen molar-refractivity contribution in [2.75, 3.05) is 13.7 Å². The molecule has 0 radical (unpaired) electrons. The highest BCUT2D eigenvalue weighted by molar-refractivity contribution is 6.42. The fraction of sp³-hybridized carbons (Fsp3) is 0.235. The second kappa shape index (κ2) is 19.2. The monoisotopic (exact) mass is 865 g/mol. The van der Waals surface area contributed by atoms with Gasteiger partial charge in [0.05, 0.1) is 34.8 Å². The van der Waals surface area contributed by atoms with Crippen molar-refractivity contribution < 1.29 is 28.5 Å². The van der Waals surface area contributed by atoms with Crippen LogP contribution in [0.4, 0.5) is 0 Å². The minimum Gasteiger partial charge on any atom is -0.489 e. The Morgan fingerprint density at radius 1 is 0.839 bits per heavy atom. The van der Waals surface area contributed by atoms with Crippen molar-refractivity contribution in [2.45, 2.75) is 63.6 Å². The van der Waals surface area contributed by atoms with E-state index in [4.69, 9.17) is 42.1 Å². The van der Waals surface area contributed by atoms with Crippen LogP contribution in [0.15, 0.2) is 133 Å². The second-order valence-electron chi connectivity index (χ2n) is 15.5. The summed E-state index contributed by atoms with van der Waals surface area (Å²) in [4.78, 5) is 30.1. The molecule has 0 aliphatic carbocycles. The molecule has 1 amide bonds. The van der Waals surface area contributed by atoms with Crippen molar-refractivity contribution in [3.05, 3.63) is 182 Å². The van der Waals surface area contributed by atoms with Crippen LogP contribution in [0.3, 0.4) is 0 Å². The van der Waals surface area contributed by atoms with E-state index in [9.17, 15) is 14.9 Å². The predicted octanol–water partition coefficient (Wildman–Crippen LogP) is 10.4. The third-order valence-corrected chi connectivity index (χ3v) is 12.3. The first-order chi connectivity index (χ1) is 30.2. The first kappa shape index (κ1) is 42.4. The SMILES string of the molecule is CC[C@@H](c1ccccc1)N1Cc2cc3c(cc2C[C@H]1C(=O)NC(Cc1ccc(-c2ccc(C#N)cc2)cc1)C(=O)OC)OC[C@@H](c1ccc(OCc2ccc(Cl)c(Cl)c2)cc1)O3. The van der Waals surface area contributed by atoms with E-state index in [0.29, 0.717) is 59.0 Å². The summed E-state index contributed by atoms with van der Waals surface area (Å²) in [5.41, 5.74) is 8.41. The van der Waals surface area contributed by atoms with Crippen molar-refractivity contribution in [1.29, 1.82) is 5.26 Å². The second-order valence-corrected chi connectivity index (χ2v) is 16.3. The molecule has 0 saturated heterocycles. The van der Waals surface area contributed by atoms with Gasteiger partial charge in [-0.25, -0.2) is 4.79 Å². The third kappa shape index (κ3) is 9.59. The number of carbonyl (C=O) groups is 2. The lowest BCUT2D eigenvalue weighted by molar-refractivity contribution is -0.146. The molecule has 6 aromatic carbocycles. The van der Waals surface area contributed by atoms with Gasteiger partial charge in [-0.1, -0.05) is 115 Å². The number of benzene rings is 6. The van der Waals surface area contributed by atoms with Crippen LogP contribution in [-0.2, 0) is 40.3 Å². The summed E-state index contributed by atoms with van der Waals surface area (Å²) in [7, 11) is 1.34. The number of hydrogen-bond donors (Lipinski definition) is 1. The van der Waals surface area contributed by atoms with E-state index in [1.54, 1.807) is 24.3 Å². The zero-order valence-corrected chi connectivity index (χ0v) is 35.9. The highest BCUT2D eigenvalue weighted by Crippen LogP contribution is 2.43. The maximum Gasteiger partial charge on any atom is 0.328 e. The van der Waals surface area contributed by atoms with Crippen molar-refractivity contribution in [3.8, 4) is 34.4 Å². The molecule has 0 aromatic heterocycles. The highest BCUT2D eigenvalue weighted by atomic mass is 35.5. The molecule has 62 heavy (non-hydrogen) atoms. The molecule has 8 rings (SSSR count). The quantitative estimate of drug-likeness (QED) is 0.114. The molecule has 6 aromatic rings. The zero-order valence-electron chi connectivity index (χ0n) is 34.4. The van der Waals surface area contributed by atoms with Crippen molar-refractivity contribution in [3.63, 3.8) is 0 Å². The van der Waals surface area contributed by atoms with Crippen molar-refractivity contribution in [2.24, 2.45) is 0 Å². The number of carbonyl (C=O) groups excluding carboxylic acids is 2. The number of hydrogen-bond acceptors (Lipinski definition) is 8. The molecule has 0 saturated carbocycles. The maximum absolute atomic E-state index is 14.6. The number of nitrogens with one attached hydrogen (secondary N) is 1. The van der Waals surface area contributed by atoms with Crippen LogP contribution in [0.25, 0.3) is 11.1 Å². The summed E-state index contributed by atoms with van der Waals surface area (Å²) < 4.78 is 24.1. The Hall–Kier alpha value is -6.31. The summed E-state index contributed by atoms with van der Waals surface area (Å²) in [5, 5.41) is 13.2. The third-order valence-electron chi connectivity index (χ3n) is 11.6. The van der Waals surface area contributed by atoms with Crippen LogP contribution >= 0.6 is 23.2 Å². The Bertz CT molecular complexity index is 2580. The molecule has 11 heteroatoms. The molecule has 2 heterocycles. The molecule has 0 fully saturated rings. The molecule has 0 spiro atoms. The molecule has 9 nitrogen and oxygen atoms in total. The molecule has 314 valence electrons. The van der Waals surface area contributed by atoms with Crippen LogP contribution in [0, 0.1) is 11.3 Å². The van der Waals surface area contributed by atoms with Gasteiger partial charge in [-0.2, -0.15) is 5.26 Å². The van der Waals surface area contributed by atoms with Gasteiger partial charge in [-0.05, 0) is 106 Å². The van der Waals surface area contributed by atoms with Gasteiger partial charge in [0, 0.05) is 19.0 Å². The Morgan fingerprint density at radius 2 is 1.53 bits per heavy atom. The smallest absolute Gasteiger partial charge is 0.328 e. The minimum absolute atomic E-state index is 0.0789. The number of methoxy groups -OCH3 is 1. The van der Waals surface area contributed by atoms with E-state index in [1.807, 2.05) is 97.1 Å². The lowest BCUT2D eigenvalue weighted by atomic mass is 9.89. The Labute approximate surface area is 371 Å². The first-order valence-electron chi connectivity index (χ1n) is 20.6. The Balaban J connectivity index is 0.996. The summed E-state index contributed by atoms with van der Waals surface area (Å²) >= 11 is 12.2. The highest BCUT2D eigenvalue weighted by Gasteiger charge is 2.39. The zero-order chi connectivity index (χ0) is 43.2. The van der Waals surface area contributed by atoms with Crippen molar-refractivity contribution in [1.82, 2.24) is 10.2 Å². The van der Waals surface area contributed by atoms with Gasteiger partial charge in [0.2, 0.25) is 5.91 Å². The van der Waals surface area contributed by atoms with E-state index >= 15 is 0 Å². The summed E-state index contributed by atoms with van der Waals surface area (Å²) in [6, 6.07) is 43.2. The van der Waals surface area contributed by atoms with Gasteiger partial charge in [0.25, 0.3) is 0 Å².